The number of hydrogen-bond acceptors (Lipinski definition) is 7. The molecule has 0 aliphatic carbocycles. The fourth-order valence-electron chi connectivity index (χ4n) is 3.88. The van der Waals surface area contributed by atoms with Crippen molar-refractivity contribution in [2.75, 3.05) is 66.1 Å². The molecule has 0 aliphatic rings. The van der Waals surface area contributed by atoms with Crippen LogP contribution in [0.2, 0.25) is 0 Å². The summed E-state index contributed by atoms with van der Waals surface area (Å²) in [5.74, 6) is 0.730. The zero-order valence-corrected chi connectivity index (χ0v) is 23.7. The molecule has 0 aromatic carbocycles. The van der Waals surface area contributed by atoms with E-state index >= 15 is 0 Å². The van der Waals surface area contributed by atoms with Gasteiger partial charge >= 0.3 is 5.97 Å². The van der Waals surface area contributed by atoms with Crippen molar-refractivity contribution in [2.45, 2.75) is 110 Å². The molecule has 0 atom stereocenters. The minimum absolute atomic E-state index is 0.0293. The third-order valence-electron chi connectivity index (χ3n) is 6.00. The summed E-state index contributed by atoms with van der Waals surface area (Å²) in [6.07, 6.45) is 18.9. The van der Waals surface area contributed by atoms with Crippen LogP contribution in [0.25, 0.3) is 0 Å². The minimum Gasteiger partial charge on any atom is -0.463 e. The average molecular weight is 519 g/mol. The molecule has 0 bridgehead atoms. The maximum atomic E-state index is 11.8. The molecule has 0 rings (SSSR count). The van der Waals surface area contributed by atoms with Gasteiger partial charge in [0, 0.05) is 6.42 Å². The summed E-state index contributed by atoms with van der Waals surface area (Å²) >= 11 is 0. The quantitative estimate of drug-likeness (QED) is 0.0909. The topological polar surface area (TPSA) is 83.5 Å². The van der Waals surface area contributed by atoms with Crippen LogP contribution in [0.4, 0.5) is 0 Å². The summed E-state index contributed by atoms with van der Waals surface area (Å²) in [4.78, 5) is 11.8. The van der Waals surface area contributed by atoms with Gasteiger partial charge in [0.2, 0.25) is 0 Å². The fraction of sp³-hybridized carbons (Fsp3) is 0.966. The standard InChI is InChI=1S/C29H58O7/c1-28(2)16-14-12-10-8-6-4-3-5-7-9-11-13-15-17-29(31)36-27-26-35-25-24-34-23-22-33-21-20-32-19-18-30/h28,30H,3-27H2,1-2H3. The highest BCUT2D eigenvalue weighted by atomic mass is 16.6. The van der Waals surface area contributed by atoms with E-state index in [2.05, 4.69) is 13.8 Å². The second-order valence-electron chi connectivity index (χ2n) is 9.92. The van der Waals surface area contributed by atoms with Crippen molar-refractivity contribution < 1.29 is 33.6 Å². The Labute approximate surface area is 221 Å². The molecule has 0 spiro atoms. The predicted molar refractivity (Wildman–Crippen MR) is 145 cm³/mol. The Morgan fingerprint density at radius 1 is 0.528 bits per heavy atom. The van der Waals surface area contributed by atoms with Gasteiger partial charge < -0.3 is 28.8 Å². The van der Waals surface area contributed by atoms with Crippen LogP contribution in [0.3, 0.4) is 0 Å². The lowest BCUT2D eigenvalue weighted by Crippen LogP contribution is -2.14. The van der Waals surface area contributed by atoms with Gasteiger partial charge in [-0.2, -0.15) is 0 Å². The summed E-state index contributed by atoms with van der Waals surface area (Å²) in [6, 6.07) is 0. The highest BCUT2D eigenvalue weighted by molar-refractivity contribution is 5.69. The SMILES string of the molecule is CC(C)CCCCCCCCCCCCCCCC(=O)OCCOCCOCCOCCOCCO. The second-order valence-corrected chi connectivity index (χ2v) is 9.92. The molecule has 0 amide bonds. The average Bonchev–Trinajstić information content (AvgIpc) is 2.86. The van der Waals surface area contributed by atoms with E-state index in [0.717, 1.165) is 18.8 Å². The van der Waals surface area contributed by atoms with Crippen LogP contribution in [-0.4, -0.2) is 77.1 Å². The number of carbonyl (C=O) groups excluding carboxylic acids is 1. The highest BCUT2D eigenvalue weighted by Crippen LogP contribution is 2.14. The van der Waals surface area contributed by atoms with Crippen molar-refractivity contribution in [2.24, 2.45) is 5.92 Å². The van der Waals surface area contributed by atoms with Crippen LogP contribution < -0.4 is 0 Å². The zero-order valence-electron chi connectivity index (χ0n) is 23.7. The lowest BCUT2D eigenvalue weighted by atomic mass is 10.0. The van der Waals surface area contributed by atoms with E-state index in [0.29, 0.717) is 65.9 Å². The highest BCUT2D eigenvalue weighted by Gasteiger charge is 2.03. The van der Waals surface area contributed by atoms with Crippen molar-refractivity contribution in [3.05, 3.63) is 0 Å². The van der Waals surface area contributed by atoms with Crippen molar-refractivity contribution in [3.8, 4) is 0 Å². The predicted octanol–water partition coefficient (Wildman–Crippen LogP) is 6.10. The zero-order chi connectivity index (χ0) is 26.4. The number of esters is 1. The molecule has 7 nitrogen and oxygen atoms in total. The maximum Gasteiger partial charge on any atom is 0.305 e. The van der Waals surface area contributed by atoms with E-state index in [-0.39, 0.29) is 12.6 Å². The Morgan fingerprint density at radius 3 is 1.31 bits per heavy atom. The van der Waals surface area contributed by atoms with Gasteiger partial charge in [-0.25, -0.2) is 0 Å². The molecular formula is C29H58O7. The van der Waals surface area contributed by atoms with E-state index in [1.54, 1.807) is 0 Å². The van der Waals surface area contributed by atoms with Crippen LogP contribution in [0.1, 0.15) is 110 Å². The Hall–Kier alpha value is -0.730. The molecule has 216 valence electrons. The van der Waals surface area contributed by atoms with E-state index in [9.17, 15) is 4.79 Å². The van der Waals surface area contributed by atoms with Gasteiger partial charge in [0.05, 0.1) is 59.5 Å². The summed E-state index contributed by atoms with van der Waals surface area (Å²) in [6.45, 7) is 8.60. The van der Waals surface area contributed by atoms with E-state index < -0.39 is 0 Å². The first-order valence-corrected chi connectivity index (χ1v) is 14.7. The molecule has 0 aromatic heterocycles. The van der Waals surface area contributed by atoms with Crippen LogP contribution >= 0.6 is 0 Å². The Bertz CT molecular complexity index is 432. The van der Waals surface area contributed by atoms with Crippen LogP contribution in [0.15, 0.2) is 0 Å². The molecule has 0 aromatic rings. The molecule has 36 heavy (non-hydrogen) atoms. The van der Waals surface area contributed by atoms with Crippen molar-refractivity contribution in [3.63, 3.8) is 0 Å². The Morgan fingerprint density at radius 2 is 0.889 bits per heavy atom. The summed E-state index contributed by atoms with van der Waals surface area (Å²) in [5.41, 5.74) is 0. The number of aliphatic hydroxyl groups excluding tert-OH is 1. The summed E-state index contributed by atoms with van der Waals surface area (Å²) < 4.78 is 26.4. The molecule has 0 fully saturated rings. The first kappa shape index (κ1) is 35.3. The van der Waals surface area contributed by atoms with Crippen molar-refractivity contribution in [1.82, 2.24) is 0 Å². The van der Waals surface area contributed by atoms with Crippen LogP contribution in [0.5, 0.6) is 0 Å². The fourth-order valence-corrected chi connectivity index (χ4v) is 3.88. The lowest BCUT2D eigenvalue weighted by Gasteiger charge is -2.08. The third kappa shape index (κ3) is 31.3. The molecule has 0 radical (unpaired) electrons. The molecule has 0 unspecified atom stereocenters. The summed E-state index contributed by atoms with van der Waals surface area (Å²) in [5, 5.41) is 8.57. The maximum absolute atomic E-state index is 11.8. The van der Waals surface area contributed by atoms with Gasteiger partial charge in [0.1, 0.15) is 6.61 Å². The Balaban J connectivity index is 3.15. The molecule has 7 heteroatoms. The number of carbonyl (C=O) groups is 1. The lowest BCUT2D eigenvalue weighted by molar-refractivity contribution is -0.145. The van der Waals surface area contributed by atoms with Gasteiger partial charge in [-0.3, -0.25) is 4.79 Å². The van der Waals surface area contributed by atoms with Crippen LogP contribution in [-0.2, 0) is 28.5 Å². The first-order chi connectivity index (χ1) is 17.7. The number of hydrogen-bond donors (Lipinski definition) is 1. The molecular weight excluding hydrogens is 460 g/mol. The summed E-state index contributed by atoms with van der Waals surface area (Å²) in [7, 11) is 0. The second kappa shape index (κ2) is 30.5. The van der Waals surface area contributed by atoms with E-state index in [1.165, 1.54) is 77.0 Å². The molecule has 0 heterocycles. The number of ether oxygens (including phenoxy) is 5. The molecule has 0 aliphatic heterocycles. The number of aliphatic hydroxyl groups is 1. The molecule has 1 N–H and O–H groups in total. The molecule has 0 saturated heterocycles. The van der Waals surface area contributed by atoms with Crippen molar-refractivity contribution >= 4 is 5.97 Å². The minimum atomic E-state index is -0.126. The number of unbranched alkanes of at least 4 members (excludes halogenated alkanes) is 12. The number of rotatable bonds is 30. The largest absolute Gasteiger partial charge is 0.463 e. The van der Waals surface area contributed by atoms with Crippen molar-refractivity contribution in [1.29, 1.82) is 0 Å². The Kier molecular flexibility index (Phi) is 29.9. The smallest absolute Gasteiger partial charge is 0.305 e. The monoisotopic (exact) mass is 518 g/mol. The van der Waals surface area contributed by atoms with Gasteiger partial charge in [-0.15, -0.1) is 0 Å². The van der Waals surface area contributed by atoms with E-state index in [4.69, 9.17) is 28.8 Å². The van der Waals surface area contributed by atoms with Gasteiger partial charge in [-0.1, -0.05) is 97.3 Å². The van der Waals surface area contributed by atoms with Gasteiger partial charge in [0.25, 0.3) is 0 Å². The van der Waals surface area contributed by atoms with Crippen LogP contribution in [0, 0.1) is 5.92 Å². The van der Waals surface area contributed by atoms with Gasteiger partial charge in [0.15, 0.2) is 0 Å². The van der Waals surface area contributed by atoms with Gasteiger partial charge in [-0.05, 0) is 12.3 Å². The molecule has 0 saturated carbocycles. The first-order valence-electron chi connectivity index (χ1n) is 14.7. The normalized spacial score (nSPS) is 11.4. The van der Waals surface area contributed by atoms with E-state index in [1.807, 2.05) is 0 Å². The third-order valence-corrected chi connectivity index (χ3v) is 6.00.